The van der Waals surface area contributed by atoms with Crippen LogP contribution in [0.15, 0.2) is 18.2 Å². The van der Waals surface area contributed by atoms with Gasteiger partial charge in [0.1, 0.15) is 0 Å². The van der Waals surface area contributed by atoms with Crippen molar-refractivity contribution in [2.75, 3.05) is 0 Å². The van der Waals surface area contributed by atoms with Crippen molar-refractivity contribution in [3.05, 3.63) is 35.4 Å². The average molecular weight is 255 g/mol. The summed E-state index contributed by atoms with van der Waals surface area (Å²) in [7, 11) is 0. The fraction of sp³-hybridized carbons (Fsp3) is 0.600. The molecule has 1 aromatic rings. The van der Waals surface area contributed by atoms with Gasteiger partial charge in [-0.3, -0.25) is 0 Å². The molecular weight excluding hydrogens is 232 g/mol. The van der Waals surface area contributed by atoms with Crippen molar-refractivity contribution in [1.82, 2.24) is 0 Å². The zero-order valence-corrected chi connectivity index (χ0v) is 11.1. The molecule has 2 N–H and O–H groups in total. The van der Waals surface area contributed by atoms with Crippen LogP contribution < -0.4 is 5.73 Å². The van der Waals surface area contributed by atoms with Crippen LogP contribution in [0.5, 0.6) is 0 Å². The van der Waals surface area contributed by atoms with Gasteiger partial charge in [0.15, 0.2) is 11.6 Å². The molecule has 0 aliphatic carbocycles. The molecule has 0 heterocycles. The van der Waals surface area contributed by atoms with E-state index in [0.29, 0.717) is 12.0 Å². The number of hydrogen-bond acceptors (Lipinski definition) is 1. The predicted molar refractivity (Wildman–Crippen MR) is 71.4 cm³/mol. The van der Waals surface area contributed by atoms with Gasteiger partial charge in [0.25, 0.3) is 0 Å². The summed E-state index contributed by atoms with van der Waals surface area (Å²) in [5.41, 5.74) is 6.34. The molecule has 0 spiro atoms. The highest BCUT2D eigenvalue weighted by Crippen LogP contribution is 2.15. The van der Waals surface area contributed by atoms with Crippen LogP contribution >= 0.6 is 0 Å². The Morgan fingerprint density at radius 3 is 2.56 bits per heavy atom. The Kier molecular flexibility index (Phi) is 6.88. The number of unbranched alkanes of at least 4 members (excludes halogenated alkanes) is 4. The van der Waals surface area contributed by atoms with E-state index in [2.05, 4.69) is 6.92 Å². The maximum atomic E-state index is 13.4. The minimum Gasteiger partial charge on any atom is -0.327 e. The topological polar surface area (TPSA) is 26.0 Å². The molecular formula is C15H23F2N. The third-order valence-corrected chi connectivity index (χ3v) is 3.19. The zero-order valence-electron chi connectivity index (χ0n) is 11.1. The molecule has 1 rings (SSSR count). The zero-order chi connectivity index (χ0) is 13.4. The number of nitrogens with two attached hydrogens (primary N) is 1. The molecule has 0 radical (unpaired) electrons. The van der Waals surface area contributed by atoms with Gasteiger partial charge in [-0.25, -0.2) is 8.78 Å². The maximum absolute atomic E-state index is 13.4. The third-order valence-electron chi connectivity index (χ3n) is 3.19. The molecule has 18 heavy (non-hydrogen) atoms. The van der Waals surface area contributed by atoms with Crippen LogP contribution in [0.3, 0.4) is 0 Å². The summed E-state index contributed by atoms with van der Waals surface area (Å²) < 4.78 is 26.4. The van der Waals surface area contributed by atoms with E-state index in [1.54, 1.807) is 6.07 Å². The van der Waals surface area contributed by atoms with Gasteiger partial charge >= 0.3 is 0 Å². The first kappa shape index (κ1) is 15.1. The average Bonchev–Trinajstić information content (AvgIpc) is 2.35. The molecule has 0 aliphatic heterocycles. The summed E-state index contributed by atoms with van der Waals surface area (Å²) in [4.78, 5) is 0. The molecule has 1 unspecified atom stereocenters. The summed E-state index contributed by atoms with van der Waals surface area (Å²) in [5.74, 6) is -1.54. The summed E-state index contributed by atoms with van der Waals surface area (Å²) in [6.45, 7) is 2.18. The highest BCUT2D eigenvalue weighted by molar-refractivity contribution is 5.19. The largest absolute Gasteiger partial charge is 0.327 e. The Morgan fingerprint density at radius 2 is 1.83 bits per heavy atom. The minimum atomic E-state index is -0.789. The summed E-state index contributed by atoms with van der Waals surface area (Å²) >= 11 is 0. The van der Waals surface area contributed by atoms with Crippen LogP contribution in [-0.2, 0) is 6.42 Å². The van der Waals surface area contributed by atoms with Crippen LogP contribution in [0.4, 0.5) is 8.78 Å². The Balaban J connectivity index is 2.31. The lowest BCUT2D eigenvalue weighted by atomic mass is 10.00. The normalized spacial score (nSPS) is 12.7. The minimum absolute atomic E-state index is 0.0806. The molecule has 0 fully saturated rings. The van der Waals surface area contributed by atoms with Crippen LogP contribution in [0.1, 0.15) is 51.0 Å². The number of hydrogen-bond donors (Lipinski definition) is 1. The quantitative estimate of drug-likeness (QED) is 0.692. The van der Waals surface area contributed by atoms with E-state index < -0.39 is 11.6 Å². The van der Waals surface area contributed by atoms with Gasteiger partial charge in [-0.1, -0.05) is 51.2 Å². The second kappa shape index (κ2) is 8.20. The summed E-state index contributed by atoms with van der Waals surface area (Å²) in [5, 5.41) is 0. The third kappa shape index (κ3) is 5.13. The van der Waals surface area contributed by atoms with Gasteiger partial charge in [-0.2, -0.15) is 0 Å². The van der Waals surface area contributed by atoms with E-state index in [0.717, 1.165) is 18.9 Å². The lowest BCUT2D eigenvalue weighted by Gasteiger charge is -2.12. The molecule has 0 saturated heterocycles. The fourth-order valence-electron chi connectivity index (χ4n) is 2.10. The molecule has 1 nitrogen and oxygen atoms in total. The Hall–Kier alpha value is -0.960. The summed E-state index contributed by atoms with van der Waals surface area (Å²) in [6.07, 6.45) is 7.24. The smallest absolute Gasteiger partial charge is 0.162 e. The number of benzene rings is 1. The molecule has 102 valence electrons. The lowest BCUT2D eigenvalue weighted by molar-refractivity contribution is 0.484. The first-order chi connectivity index (χ1) is 8.65. The number of rotatable bonds is 8. The van der Waals surface area contributed by atoms with E-state index in [1.165, 1.54) is 31.7 Å². The molecule has 0 amide bonds. The fourth-order valence-corrected chi connectivity index (χ4v) is 2.10. The predicted octanol–water partition coefficient (Wildman–Crippen LogP) is 4.20. The van der Waals surface area contributed by atoms with Crippen LogP contribution in [0, 0.1) is 11.6 Å². The highest BCUT2D eigenvalue weighted by Gasteiger charge is 2.11. The Morgan fingerprint density at radius 1 is 1.11 bits per heavy atom. The molecule has 0 aliphatic rings. The second-order valence-electron chi connectivity index (χ2n) is 4.88. The first-order valence-electron chi connectivity index (χ1n) is 6.83. The van der Waals surface area contributed by atoms with Gasteiger partial charge in [0.05, 0.1) is 0 Å². The van der Waals surface area contributed by atoms with Crippen LogP contribution in [0.25, 0.3) is 0 Å². The van der Waals surface area contributed by atoms with E-state index >= 15 is 0 Å². The SMILES string of the molecule is CCCCCCCC(N)Cc1cccc(F)c1F. The Bertz CT molecular complexity index is 352. The van der Waals surface area contributed by atoms with Crippen molar-refractivity contribution in [3.63, 3.8) is 0 Å². The molecule has 3 heteroatoms. The van der Waals surface area contributed by atoms with Crippen molar-refractivity contribution in [1.29, 1.82) is 0 Å². The van der Waals surface area contributed by atoms with Crippen molar-refractivity contribution in [2.24, 2.45) is 5.73 Å². The van der Waals surface area contributed by atoms with Crippen LogP contribution in [0.2, 0.25) is 0 Å². The molecule has 1 aromatic carbocycles. The number of halogens is 2. The van der Waals surface area contributed by atoms with Crippen LogP contribution in [-0.4, -0.2) is 6.04 Å². The maximum Gasteiger partial charge on any atom is 0.162 e. The van der Waals surface area contributed by atoms with Gasteiger partial charge in [-0.05, 0) is 24.5 Å². The van der Waals surface area contributed by atoms with E-state index in [4.69, 9.17) is 5.73 Å². The van der Waals surface area contributed by atoms with Gasteiger partial charge < -0.3 is 5.73 Å². The molecule has 0 bridgehead atoms. The standard InChI is InChI=1S/C15H23F2N/c1-2-3-4-5-6-9-13(18)11-12-8-7-10-14(16)15(12)17/h7-8,10,13H,2-6,9,11,18H2,1H3. The van der Waals surface area contributed by atoms with Crippen molar-refractivity contribution in [2.45, 2.75) is 57.9 Å². The highest BCUT2D eigenvalue weighted by atomic mass is 19.2. The first-order valence-corrected chi connectivity index (χ1v) is 6.83. The van der Waals surface area contributed by atoms with E-state index in [1.807, 2.05) is 0 Å². The second-order valence-corrected chi connectivity index (χ2v) is 4.88. The van der Waals surface area contributed by atoms with E-state index in [9.17, 15) is 8.78 Å². The van der Waals surface area contributed by atoms with Crippen molar-refractivity contribution >= 4 is 0 Å². The van der Waals surface area contributed by atoms with Crippen molar-refractivity contribution < 1.29 is 8.78 Å². The van der Waals surface area contributed by atoms with Gasteiger partial charge in [0.2, 0.25) is 0 Å². The van der Waals surface area contributed by atoms with Crippen molar-refractivity contribution in [3.8, 4) is 0 Å². The molecule has 0 aromatic heterocycles. The Labute approximate surface area is 108 Å². The monoisotopic (exact) mass is 255 g/mol. The van der Waals surface area contributed by atoms with Gasteiger partial charge in [-0.15, -0.1) is 0 Å². The molecule has 0 saturated carbocycles. The van der Waals surface area contributed by atoms with E-state index in [-0.39, 0.29) is 6.04 Å². The van der Waals surface area contributed by atoms with Gasteiger partial charge in [0, 0.05) is 6.04 Å². The summed E-state index contributed by atoms with van der Waals surface area (Å²) in [6, 6.07) is 4.19. The lowest BCUT2D eigenvalue weighted by Crippen LogP contribution is -2.23. The molecule has 1 atom stereocenters.